The molecule has 0 atom stereocenters. The van der Waals surface area contributed by atoms with Crippen molar-refractivity contribution in [2.75, 3.05) is 0 Å². The fourth-order valence-corrected chi connectivity index (χ4v) is 1.12. The molecule has 1 rings (SSSR count). The van der Waals surface area contributed by atoms with Gasteiger partial charge in [0, 0.05) is 24.1 Å². The molecule has 0 unspecified atom stereocenters. The van der Waals surface area contributed by atoms with E-state index in [4.69, 9.17) is 0 Å². The number of nitrogens with one attached hydrogen (secondary N) is 1. The van der Waals surface area contributed by atoms with Crippen molar-refractivity contribution in [2.24, 2.45) is 0 Å². The van der Waals surface area contributed by atoms with E-state index in [1.54, 1.807) is 0 Å². The van der Waals surface area contributed by atoms with Gasteiger partial charge in [-0.1, -0.05) is 13.3 Å². The van der Waals surface area contributed by atoms with Crippen LogP contribution in [0.2, 0.25) is 0 Å². The van der Waals surface area contributed by atoms with Gasteiger partial charge in [-0.25, -0.2) is 4.98 Å². The summed E-state index contributed by atoms with van der Waals surface area (Å²) in [6.45, 7) is 2.18. The van der Waals surface area contributed by atoms with Crippen LogP contribution >= 0.6 is 12.6 Å². The van der Waals surface area contributed by atoms with Gasteiger partial charge in [-0.15, -0.1) is 0 Å². The molecule has 0 bridgehead atoms. The summed E-state index contributed by atoms with van der Waals surface area (Å²) in [6.07, 6.45) is 5.35. The van der Waals surface area contributed by atoms with Crippen LogP contribution in [0.4, 0.5) is 0 Å². The third-order valence-corrected chi connectivity index (χ3v) is 1.96. The lowest BCUT2D eigenvalue weighted by Gasteiger charge is -1.92. The Balaban J connectivity index is 2.44. The monoisotopic (exact) mass is 170 g/mol. The quantitative estimate of drug-likeness (QED) is 0.666. The van der Waals surface area contributed by atoms with E-state index in [-0.39, 0.29) is 0 Å². The number of aromatic amines is 1. The molecule has 0 aliphatic rings. The Morgan fingerprint density at radius 3 is 3.00 bits per heavy atom. The number of imidazole rings is 1. The second-order valence-electron chi connectivity index (χ2n) is 2.62. The molecule has 1 N–H and O–H groups in total. The second-order valence-corrected chi connectivity index (χ2v) is 2.93. The number of unbranched alkanes of at least 4 members (excludes halogenated alkanes) is 1. The summed E-state index contributed by atoms with van der Waals surface area (Å²) in [5.41, 5.74) is 1.11. The Morgan fingerprint density at radius 1 is 1.64 bits per heavy atom. The summed E-state index contributed by atoms with van der Waals surface area (Å²) in [5, 5.41) is 0. The van der Waals surface area contributed by atoms with E-state index < -0.39 is 0 Å². The molecular formula is C8H14N2S. The Kier molecular flexibility index (Phi) is 3.49. The lowest BCUT2D eigenvalue weighted by Crippen LogP contribution is -1.87. The minimum atomic E-state index is 0.749. The van der Waals surface area contributed by atoms with Crippen molar-refractivity contribution in [1.82, 2.24) is 9.97 Å². The van der Waals surface area contributed by atoms with E-state index in [1.165, 1.54) is 12.8 Å². The number of nitrogens with zero attached hydrogens (tertiary/aromatic N) is 1. The van der Waals surface area contributed by atoms with Gasteiger partial charge in [0.2, 0.25) is 0 Å². The second kappa shape index (κ2) is 4.44. The molecule has 3 heteroatoms. The van der Waals surface area contributed by atoms with Crippen LogP contribution < -0.4 is 0 Å². The molecular weight excluding hydrogens is 156 g/mol. The van der Waals surface area contributed by atoms with E-state index >= 15 is 0 Å². The van der Waals surface area contributed by atoms with Gasteiger partial charge in [-0.05, 0) is 6.42 Å². The highest BCUT2D eigenvalue weighted by Gasteiger charge is 1.96. The lowest BCUT2D eigenvalue weighted by molar-refractivity contribution is 0.761. The largest absolute Gasteiger partial charge is 0.345 e. The summed E-state index contributed by atoms with van der Waals surface area (Å²) in [7, 11) is 0. The highest BCUT2D eigenvalue weighted by Crippen LogP contribution is 2.03. The molecule has 0 aliphatic carbocycles. The van der Waals surface area contributed by atoms with Crippen molar-refractivity contribution in [2.45, 2.75) is 31.9 Å². The molecule has 0 saturated heterocycles. The summed E-state index contributed by atoms with van der Waals surface area (Å²) < 4.78 is 0. The molecule has 0 aliphatic heterocycles. The van der Waals surface area contributed by atoms with Crippen LogP contribution in [-0.4, -0.2) is 9.97 Å². The predicted molar refractivity (Wildman–Crippen MR) is 49.9 cm³/mol. The lowest BCUT2D eigenvalue weighted by atomic mass is 10.2. The molecule has 1 heterocycles. The van der Waals surface area contributed by atoms with Gasteiger partial charge in [-0.2, -0.15) is 12.6 Å². The first kappa shape index (κ1) is 8.65. The Morgan fingerprint density at radius 2 is 2.45 bits per heavy atom. The van der Waals surface area contributed by atoms with Crippen LogP contribution in [0.3, 0.4) is 0 Å². The van der Waals surface area contributed by atoms with E-state index in [2.05, 4.69) is 29.5 Å². The number of rotatable bonds is 4. The SMILES string of the molecule is CCCCc1ncc(CS)[nH]1. The minimum Gasteiger partial charge on any atom is -0.345 e. The number of H-pyrrole nitrogens is 1. The van der Waals surface area contributed by atoms with Gasteiger partial charge in [0.1, 0.15) is 5.82 Å². The van der Waals surface area contributed by atoms with Crippen molar-refractivity contribution >= 4 is 12.6 Å². The third kappa shape index (κ3) is 2.58. The van der Waals surface area contributed by atoms with E-state index in [0.717, 1.165) is 23.7 Å². The van der Waals surface area contributed by atoms with Crippen LogP contribution in [0.15, 0.2) is 6.20 Å². The third-order valence-electron chi connectivity index (χ3n) is 1.62. The zero-order chi connectivity index (χ0) is 8.10. The number of aryl methyl sites for hydroxylation is 1. The van der Waals surface area contributed by atoms with Crippen LogP contribution in [0.1, 0.15) is 31.3 Å². The first-order valence-electron chi connectivity index (χ1n) is 4.00. The van der Waals surface area contributed by atoms with E-state index in [9.17, 15) is 0 Å². The summed E-state index contributed by atoms with van der Waals surface area (Å²) in [5.74, 6) is 1.84. The smallest absolute Gasteiger partial charge is 0.106 e. The molecule has 0 radical (unpaired) electrons. The zero-order valence-corrected chi connectivity index (χ0v) is 7.69. The summed E-state index contributed by atoms with van der Waals surface area (Å²) in [4.78, 5) is 7.43. The van der Waals surface area contributed by atoms with Crippen molar-refractivity contribution in [3.8, 4) is 0 Å². The van der Waals surface area contributed by atoms with Crippen molar-refractivity contribution in [1.29, 1.82) is 0 Å². The van der Waals surface area contributed by atoms with Crippen LogP contribution in [0.5, 0.6) is 0 Å². The molecule has 1 aromatic rings. The fourth-order valence-electron chi connectivity index (χ4n) is 0.957. The molecule has 62 valence electrons. The minimum absolute atomic E-state index is 0.749. The highest BCUT2D eigenvalue weighted by atomic mass is 32.1. The molecule has 1 aromatic heterocycles. The van der Waals surface area contributed by atoms with Gasteiger partial charge < -0.3 is 4.98 Å². The molecule has 11 heavy (non-hydrogen) atoms. The number of aromatic nitrogens is 2. The number of thiol groups is 1. The molecule has 0 amide bonds. The number of hydrogen-bond acceptors (Lipinski definition) is 2. The Bertz CT molecular complexity index is 208. The first-order chi connectivity index (χ1) is 5.36. The zero-order valence-electron chi connectivity index (χ0n) is 6.80. The van der Waals surface area contributed by atoms with Gasteiger partial charge in [0.25, 0.3) is 0 Å². The molecule has 0 aromatic carbocycles. The van der Waals surface area contributed by atoms with Gasteiger partial charge >= 0.3 is 0 Å². The summed E-state index contributed by atoms with van der Waals surface area (Å²) in [6, 6.07) is 0. The fraction of sp³-hybridized carbons (Fsp3) is 0.625. The average molecular weight is 170 g/mol. The van der Waals surface area contributed by atoms with Crippen LogP contribution in [0.25, 0.3) is 0 Å². The number of hydrogen-bond donors (Lipinski definition) is 2. The van der Waals surface area contributed by atoms with Gasteiger partial charge in [-0.3, -0.25) is 0 Å². The van der Waals surface area contributed by atoms with E-state index in [1.807, 2.05) is 6.20 Å². The topological polar surface area (TPSA) is 28.7 Å². The standard InChI is InChI=1S/C8H14N2S/c1-2-3-4-8-9-5-7(6-11)10-8/h5,11H,2-4,6H2,1H3,(H,9,10). The molecule has 2 nitrogen and oxygen atoms in total. The predicted octanol–water partition coefficient (Wildman–Crippen LogP) is 2.18. The van der Waals surface area contributed by atoms with Crippen LogP contribution in [0, 0.1) is 0 Å². The van der Waals surface area contributed by atoms with Crippen molar-refractivity contribution < 1.29 is 0 Å². The van der Waals surface area contributed by atoms with Crippen molar-refractivity contribution in [3.05, 3.63) is 17.7 Å². The van der Waals surface area contributed by atoms with Crippen LogP contribution in [-0.2, 0) is 12.2 Å². The first-order valence-corrected chi connectivity index (χ1v) is 4.63. The van der Waals surface area contributed by atoms with E-state index in [0.29, 0.717) is 0 Å². The molecule has 0 saturated carbocycles. The normalized spacial score (nSPS) is 10.4. The maximum absolute atomic E-state index is 4.22. The van der Waals surface area contributed by atoms with Gasteiger partial charge in [0.15, 0.2) is 0 Å². The Hall–Kier alpha value is -0.440. The Labute approximate surface area is 72.8 Å². The van der Waals surface area contributed by atoms with Crippen molar-refractivity contribution in [3.63, 3.8) is 0 Å². The molecule has 0 fully saturated rings. The maximum Gasteiger partial charge on any atom is 0.106 e. The summed E-state index contributed by atoms with van der Waals surface area (Å²) >= 11 is 4.14. The molecule has 0 spiro atoms. The van der Waals surface area contributed by atoms with Gasteiger partial charge in [0.05, 0.1) is 0 Å². The highest BCUT2D eigenvalue weighted by molar-refractivity contribution is 7.79. The average Bonchev–Trinajstić information content (AvgIpc) is 2.48. The maximum atomic E-state index is 4.22.